The number of aromatic nitrogens is 2. The van der Waals surface area contributed by atoms with Crippen molar-refractivity contribution in [3.8, 4) is 0 Å². The number of aromatic carboxylic acids is 1. The van der Waals surface area contributed by atoms with Gasteiger partial charge < -0.3 is 5.11 Å². The zero-order chi connectivity index (χ0) is 11.9. The van der Waals surface area contributed by atoms with Crippen LogP contribution < -0.4 is 0 Å². The number of carboxylic acids is 1. The Balaban J connectivity index is 2.70. The molecule has 0 unspecified atom stereocenters. The number of carbonyl (C=O) groups is 1. The number of hydrogen-bond donors (Lipinski definition) is 1. The number of pyridine rings is 1. The number of rotatable bonds is 1. The van der Waals surface area contributed by atoms with E-state index in [1.807, 2.05) is 0 Å². The predicted molar refractivity (Wildman–Crippen MR) is 47.2 cm³/mol. The Morgan fingerprint density at radius 2 is 2.06 bits per heavy atom. The first-order valence-corrected chi connectivity index (χ1v) is 4.17. The Labute approximate surface area is 87.0 Å². The van der Waals surface area contributed by atoms with Crippen LogP contribution in [-0.4, -0.2) is 20.5 Å². The van der Waals surface area contributed by atoms with Crippen LogP contribution in [0.15, 0.2) is 24.5 Å². The van der Waals surface area contributed by atoms with Crippen LogP contribution in [0.25, 0.3) is 5.52 Å². The normalized spacial score (nSPS) is 11.9. The quantitative estimate of drug-likeness (QED) is 0.815. The number of fused-ring (bicyclic) bond motifs is 1. The predicted octanol–water partition coefficient (Wildman–Crippen LogP) is 2.05. The highest BCUT2D eigenvalue weighted by Crippen LogP contribution is 2.28. The van der Waals surface area contributed by atoms with E-state index in [1.54, 1.807) is 0 Å². The summed E-state index contributed by atoms with van der Waals surface area (Å²) >= 11 is 0. The third-order valence-electron chi connectivity index (χ3n) is 2.03. The molecule has 2 heterocycles. The lowest BCUT2D eigenvalue weighted by molar-refractivity contribution is -0.145. The van der Waals surface area contributed by atoms with Gasteiger partial charge in [0.15, 0.2) is 0 Å². The van der Waals surface area contributed by atoms with Crippen LogP contribution in [0.1, 0.15) is 16.2 Å². The molecule has 0 fully saturated rings. The van der Waals surface area contributed by atoms with Gasteiger partial charge in [0.2, 0.25) is 5.82 Å². The molecular weight excluding hydrogens is 225 g/mol. The molecule has 1 N–H and O–H groups in total. The van der Waals surface area contributed by atoms with Gasteiger partial charge in [-0.1, -0.05) is 0 Å². The van der Waals surface area contributed by atoms with E-state index in [0.29, 0.717) is 4.40 Å². The molecular formula is C9H5F3N2O2. The van der Waals surface area contributed by atoms with Gasteiger partial charge in [0.05, 0.1) is 17.3 Å². The van der Waals surface area contributed by atoms with Gasteiger partial charge in [-0.3, -0.25) is 4.40 Å². The lowest BCUT2D eigenvalue weighted by Gasteiger charge is -2.05. The Bertz CT molecular complexity index is 559. The van der Waals surface area contributed by atoms with Gasteiger partial charge >= 0.3 is 12.1 Å². The summed E-state index contributed by atoms with van der Waals surface area (Å²) in [5, 5.41) is 8.66. The molecule has 2 aromatic heterocycles. The topological polar surface area (TPSA) is 54.6 Å². The Morgan fingerprint density at radius 1 is 1.38 bits per heavy atom. The molecule has 0 radical (unpaired) electrons. The van der Waals surface area contributed by atoms with E-state index in [-0.39, 0.29) is 11.1 Å². The highest BCUT2D eigenvalue weighted by molar-refractivity contribution is 5.87. The van der Waals surface area contributed by atoms with E-state index in [4.69, 9.17) is 5.11 Å². The van der Waals surface area contributed by atoms with Crippen LogP contribution in [-0.2, 0) is 6.18 Å². The fraction of sp³-hybridized carbons (Fsp3) is 0.111. The van der Waals surface area contributed by atoms with Crippen LogP contribution in [0.3, 0.4) is 0 Å². The Hall–Kier alpha value is -2.05. The fourth-order valence-electron chi connectivity index (χ4n) is 1.33. The molecule has 2 rings (SSSR count). The summed E-state index contributed by atoms with van der Waals surface area (Å²) in [6.07, 6.45) is -2.68. The second-order valence-electron chi connectivity index (χ2n) is 3.10. The van der Waals surface area contributed by atoms with Crippen molar-refractivity contribution in [3.05, 3.63) is 35.9 Å². The largest absolute Gasteiger partial charge is 0.478 e. The van der Waals surface area contributed by atoms with Gasteiger partial charge in [-0.15, -0.1) is 0 Å². The monoisotopic (exact) mass is 230 g/mol. The van der Waals surface area contributed by atoms with Crippen LogP contribution >= 0.6 is 0 Å². The SMILES string of the molecule is O=C(O)c1ccc2cnc(C(F)(F)F)n2c1. The minimum atomic E-state index is -4.61. The minimum Gasteiger partial charge on any atom is -0.478 e. The molecule has 2 aromatic rings. The minimum absolute atomic E-state index is 0.192. The maximum atomic E-state index is 12.5. The highest BCUT2D eigenvalue weighted by atomic mass is 19.4. The summed E-state index contributed by atoms with van der Waals surface area (Å²) in [5.41, 5.74) is -0.0340. The molecule has 0 amide bonds. The van der Waals surface area contributed by atoms with Gasteiger partial charge in [-0.05, 0) is 12.1 Å². The van der Waals surface area contributed by atoms with Crippen molar-refractivity contribution in [2.75, 3.05) is 0 Å². The summed E-state index contributed by atoms with van der Waals surface area (Å²) < 4.78 is 38.1. The van der Waals surface area contributed by atoms with E-state index in [9.17, 15) is 18.0 Å². The Kier molecular flexibility index (Phi) is 2.11. The third-order valence-corrected chi connectivity index (χ3v) is 2.03. The van der Waals surface area contributed by atoms with Crippen molar-refractivity contribution in [1.29, 1.82) is 0 Å². The second-order valence-corrected chi connectivity index (χ2v) is 3.10. The summed E-state index contributed by atoms with van der Waals surface area (Å²) in [6, 6.07) is 2.49. The number of hydrogen-bond acceptors (Lipinski definition) is 2. The molecule has 16 heavy (non-hydrogen) atoms. The number of imidazole rings is 1. The average molecular weight is 230 g/mol. The summed E-state index contributed by atoms with van der Waals surface area (Å²) in [4.78, 5) is 13.8. The maximum Gasteiger partial charge on any atom is 0.450 e. The first-order valence-electron chi connectivity index (χ1n) is 4.17. The lowest BCUT2D eigenvalue weighted by atomic mass is 10.3. The number of carboxylic acid groups (broad SMARTS) is 1. The third kappa shape index (κ3) is 1.60. The average Bonchev–Trinajstić information content (AvgIpc) is 2.58. The molecule has 4 nitrogen and oxygen atoms in total. The van der Waals surface area contributed by atoms with E-state index in [1.165, 1.54) is 12.1 Å². The smallest absolute Gasteiger partial charge is 0.450 e. The zero-order valence-electron chi connectivity index (χ0n) is 7.69. The molecule has 0 spiro atoms. The van der Waals surface area contributed by atoms with Crippen molar-refractivity contribution in [3.63, 3.8) is 0 Å². The molecule has 84 valence electrons. The summed E-state index contributed by atoms with van der Waals surface area (Å²) in [5.74, 6) is -2.42. The van der Waals surface area contributed by atoms with Gasteiger partial charge in [0.1, 0.15) is 0 Å². The van der Waals surface area contributed by atoms with Crippen LogP contribution in [0, 0.1) is 0 Å². The summed E-state index contributed by atoms with van der Waals surface area (Å²) in [6.45, 7) is 0. The molecule has 0 saturated heterocycles. The second kappa shape index (κ2) is 3.22. The van der Waals surface area contributed by atoms with E-state index in [0.717, 1.165) is 12.4 Å². The van der Waals surface area contributed by atoms with Crippen molar-refractivity contribution >= 4 is 11.5 Å². The van der Waals surface area contributed by atoms with E-state index < -0.39 is 18.0 Å². The molecule has 0 saturated carbocycles. The Morgan fingerprint density at radius 3 is 2.62 bits per heavy atom. The summed E-state index contributed by atoms with van der Waals surface area (Å²) in [7, 11) is 0. The maximum absolute atomic E-state index is 12.5. The molecule has 0 atom stereocenters. The number of nitrogens with zero attached hydrogens (tertiary/aromatic N) is 2. The van der Waals surface area contributed by atoms with Crippen molar-refractivity contribution in [2.24, 2.45) is 0 Å². The fourth-order valence-corrected chi connectivity index (χ4v) is 1.33. The first kappa shape index (κ1) is 10.5. The zero-order valence-corrected chi connectivity index (χ0v) is 7.69. The molecule has 0 aliphatic heterocycles. The molecule has 0 aliphatic carbocycles. The van der Waals surface area contributed by atoms with Crippen molar-refractivity contribution in [2.45, 2.75) is 6.18 Å². The van der Waals surface area contributed by atoms with Crippen LogP contribution in [0.5, 0.6) is 0 Å². The van der Waals surface area contributed by atoms with Crippen LogP contribution in [0.2, 0.25) is 0 Å². The first-order chi connectivity index (χ1) is 7.39. The van der Waals surface area contributed by atoms with Gasteiger partial charge in [0, 0.05) is 6.20 Å². The van der Waals surface area contributed by atoms with E-state index in [2.05, 4.69) is 4.98 Å². The molecule has 0 aromatic carbocycles. The van der Waals surface area contributed by atoms with Gasteiger partial charge in [0.25, 0.3) is 0 Å². The van der Waals surface area contributed by atoms with Gasteiger partial charge in [-0.25, -0.2) is 9.78 Å². The van der Waals surface area contributed by atoms with Crippen molar-refractivity contribution in [1.82, 2.24) is 9.38 Å². The molecule has 0 aliphatic rings. The van der Waals surface area contributed by atoms with Crippen molar-refractivity contribution < 1.29 is 23.1 Å². The number of halogens is 3. The van der Waals surface area contributed by atoms with Gasteiger partial charge in [-0.2, -0.15) is 13.2 Å². The van der Waals surface area contributed by atoms with Crippen LogP contribution in [0.4, 0.5) is 13.2 Å². The van der Waals surface area contributed by atoms with E-state index >= 15 is 0 Å². The highest BCUT2D eigenvalue weighted by Gasteiger charge is 2.35. The number of alkyl halides is 3. The lowest BCUT2D eigenvalue weighted by Crippen LogP contribution is -2.11. The molecule has 7 heteroatoms. The standard InChI is InChI=1S/C9H5F3N2O2/c10-9(11,12)8-13-3-6-2-1-5(7(15)16)4-14(6)8/h1-4H,(H,15,16). The molecule has 0 bridgehead atoms.